The van der Waals surface area contributed by atoms with Crippen molar-refractivity contribution in [2.75, 3.05) is 32.8 Å². The molecule has 0 aliphatic carbocycles. The summed E-state index contributed by atoms with van der Waals surface area (Å²) in [5.74, 6) is 1.08. The van der Waals surface area contributed by atoms with Crippen molar-refractivity contribution in [2.45, 2.75) is 38.1 Å². The summed E-state index contributed by atoms with van der Waals surface area (Å²) in [7, 11) is 0. The van der Waals surface area contributed by atoms with Crippen LogP contribution < -0.4 is 20.5 Å². The zero-order valence-electron chi connectivity index (χ0n) is 15.7. The van der Waals surface area contributed by atoms with Crippen molar-refractivity contribution in [1.29, 1.82) is 0 Å². The maximum Gasteiger partial charge on any atom is 0.227 e. The highest BCUT2D eigenvalue weighted by molar-refractivity contribution is 6.32. The molecule has 1 aromatic carbocycles. The molecule has 1 atom stereocenters. The largest absolute Gasteiger partial charge is 0.486 e. The third-order valence-corrected chi connectivity index (χ3v) is 5.15. The van der Waals surface area contributed by atoms with Gasteiger partial charge in [-0.05, 0) is 37.0 Å². The minimum absolute atomic E-state index is 0. The smallest absolute Gasteiger partial charge is 0.227 e. The number of hydrogen-bond donors (Lipinski definition) is 2. The first-order chi connectivity index (χ1) is 13.1. The third-order valence-electron chi connectivity index (χ3n) is 4.87. The first-order valence-electron chi connectivity index (χ1n) is 9.42. The number of carbonyl (C=O) groups is 2. The molecular weight excluding hydrogens is 405 g/mol. The van der Waals surface area contributed by atoms with Gasteiger partial charge in [-0.3, -0.25) is 9.59 Å². The maximum atomic E-state index is 12.9. The molecule has 0 saturated carbocycles. The highest BCUT2D eigenvalue weighted by Gasteiger charge is 2.27. The topological polar surface area (TPSA) is 93.9 Å². The van der Waals surface area contributed by atoms with Gasteiger partial charge in [0.25, 0.3) is 0 Å². The minimum atomic E-state index is -0.0749. The molecule has 1 saturated heterocycles. The molecule has 3 N–H and O–H groups in total. The van der Waals surface area contributed by atoms with Gasteiger partial charge in [0.2, 0.25) is 11.8 Å². The van der Waals surface area contributed by atoms with Crippen molar-refractivity contribution < 1.29 is 19.1 Å². The van der Waals surface area contributed by atoms with Gasteiger partial charge in [-0.25, -0.2) is 0 Å². The summed E-state index contributed by atoms with van der Waals surface area (Å²) in [4.78, 5) is 26.5. The number of benzene rings is 1. The summed E-state index contributed by atoms with van der Waals surface area (Å²) >= 11 is 6.27. The third kappa shape index (κ3) is 5.65. The van der Waals surface area contributed by atoms with Crippen LogP contribution in [0.2, 0.25) is 5.02 Å². The fraction of sp³-hybridized carbons (Fsp3) is 0.579. The summed E-state index contributed by atoms with van der Waals surface area (Å²) in [6.45, 7) is 2.43. The lowest BCUT2D eigenvalue weighted by molar-refractivity contribution is -0.134. The average Bonchev–Trinajstić information content (AvgIpc) is 2.67. The number of fused-ring (bicyclic) bond motifs is 1. The first kappa shape index (κ1) is 22.6. The van der Waals surface area contributed by atoms with Crippen LogP contribution in [0, 0.1) is 0 Å². The highest BCUT2D eigenvalue weighted by atomic mass is 35.5. The van der Waals surface area contributed by atoms with Gasteiger partial charge in [-0.1, -0.05) is 11.6 Å². The van der Waals surface area contributed by atoms with E-state index in [0.717, 1.165) is 24.8 Å². The molecule has 0 radical (unpaired) electrons. The van der Waals surface area contributed by atoms with E-state index in [1.807, 2.05) is 11.0 Å². The van der Waals surface area contributed by atoms with Gasteiger partial charge in [0, 0.05) is 32.1 Å². The molecule has 1 unspecified atom stereocenters. The molecule has 28 heavy (non-hydrogen) atoms. The number of rotatable bonds is 6. The zero-order chi connectivity index (χ0) is 19.2. The lowest BCUT2D eigenvalue weighted by Gasteiger charge is -2.36. The molecule has 0 aromatic heterocycles. The SMILES string of the molecule is Cl.NCCC(=O)NCC1CCCCN1C(=O)Cc1cc(Cl)c2c(c1)OCCO2. The Morgan fingerprint density at radius 1 is 1.25 bits per heavy atom. The van der Waals surface area contributed by atoms with E-state index in [1.165, 1.54) is 0 Å². The van der Waals surface area contributed by atoms with Crippen LogP contribution >= 0.6 is 24.0 Å². The Labute approximate surface area is 176 Å². The van der Waals surface area contributed by atoms with E-state index < -0.39 is 0 Å². The van der Waals surface area contributed by atoms with Gasteiger partial charge in [0.15, 0.2) is 11.5 Å². The van der Waals surface area contributed by atoms with Gasteiger partial charge in [0.1, 0.15) is 13.2 Å². The predicted octanol–water partition coefficient (Wildman–Crippen LogP) is 1.92. The number of ether oxygens (including phenoxy) is 2. The molecule has 1 fully saturated rings. The van der Waals surface area contributed by atoms with Crippen molar-refractivity contribution in [2.24, 2.45) is 5.73 Å². The number of nitrogens with one attached hydrogen (secondary N) is 1. The Hall–Kier alpha value is -1.70. The molecule has 156 valence electrons. The van der Waals surface area contributed by atoms with E-state index in [9.17, 15) is 9.59 Å². The van der Waals surface area contributed by atoms with Crippen molar-refractivity contribution in [3.8, 4) is 11.5 Å². The van der Waals surface area contributed by atoms with Crippen LogP contribution in [0.4, 0.5) is 0 Å². The Kier molecular flexibility index (Phi) is 8.66. The van der Waals surface area contributed by atoms with Gasteiger partial charge in [-0.15, -0.1) is 12.4 Å². The van der Waals surface area contributed by atoms with E-state index in [4.69, 9.17) is 26.8 Å². The molecule has 2 heterocycles. The Balaban J connectivity index is 0.00000280. The van der Waals surface area contributed by atoms with E-state index in [-0.39, 0.29) is 36.7 Å². The second-order valence-corrected chi connectivity index (χ2v) is 7.27. The molecule has 2 amide bonds. The van der Waals surface area contributed by atoms with E-state index in [1.54, 1.807) is 6.07 Å². The lowest BCUT2D eigenvalue weighted by Crippen LogP contribution is -2.50. The standard InChI is InChI=1S/C19H26ClN3O4.ClH/c20-15-9-13(10-16-19(15)27-8-7-26-16)11-18(25)23-6-2-1-3-14(23)12-22-17(24)4-5-21;/h9-10,14H,1-8,11-12,21H2,(H,22,24);1H. The quantitative estimate of drug-likeness (QED) is 0.717. The molecule has 9 heteroatoms. The van der Waals surface area contributed by atoms with Crippen LogP contribution in [0.1, 0.15) is 31.2 Å². The summed E-state index contributed by atoms with van der Waals surface area (Å²) < 4.78 is 11.1. The Bertz CT molecular complexity index is 702. The van der Waals surface area contributed by atoms with Gasteiger partial charge >= 0.3 is 0 Å². The monoisotopic (exact) mass is 431 g/mol. The number of hydrogen-bond acceptors (Lipinski definition) is 5. The van der Waals surface area contributed by atoms with E-state index in [0.29, 0.717) is 55.8 Å². The highest BCUT2D eigenvalue weighted by Crippen LogP contribution is 2.38. The van der Waals surface area contributed by atoms with Crippen LogP contribution in [0.25, 0.3) is 0 Å². The molecular formula is C19H27Cl2N3O4. The predicted molar refractivity (Wildman–Crippen MR) is 109 cm³/mol. The Morgan fingerprint density at radius 2 is 2.04 bits per heavy atom. The number of piperidine rings is 1. The molecule has 3 rings (SSSR count). The Morgan fingerprint density at radius 3 is 2.82 bits per heavy atom. The molecule has 0 spiro atoms. The second kappa shape index (κ2) is 10.7. The number of carbonyl (C=O) groups excluding carboxylic acids is 2. The van der Waals surface area contributed by atoms with Crippen LogP contribution in [0.3, 0.4) is 0 Å². The van der Waals surface area contributed by atoms with Gasteiger partial charge in [0.05, 0.1) is 11.4 Å². The molecule has 0 bridgehead atoms. The van der Waals surface area contributed by atoms with Crippen molar-refractivity contribution in [1.82, 2.24) is 10.2 Å². The molecule has 7 nitrogen and oxygen atoms in total. The molecule has 2 aliphatic rings. The van der Waals surface area contributed by atoms with Crippen LogP contribution in [-0.2, 0) is 16.0 Å². The van der Waals surface area contributed by atoms with Gasteiger partial charge < -0.3 is 25.4 Å². The molecule has 2 aliphatic heterocycles. The minimum Gasteiger partial charge on any atom is -0.486 e. The van der Waals surface area contributed by atoms with E-state index >= 15 is 0 Å². The van der Waals surface area contributed by atoms with Crippen LogP contribution in [-0.4, -0.2) is 55.6 Å². The summed E-state index contributed by atoms with van der Waals surface area (Å²) in [5, 5.41) is 3.34. The van der Waals surface area contributed by atoms with Gasteiger partial charge in [-0.2, -0.15) is 0 Å². The van der Waals surface area contributed by atoms with Crippen molar-refractivity contribution >= 4 is 35.8 Å². The average molecular weight is 432 g/mol. The number of nitrogens with zero attached hydrogens (tertiary/aromatic N) is 1. The summed E-state index contributed by atoms with van der Waals surface area (Å²) in [6, 6.07) is 3.59. The van der Waals surface area contributed by atoms with Crippen LogP contribution in [0.5, 0.6) is 11.5 Å². The van der Waals surface area contributed by atoms with Crippen LogP contribution in [0.15, 0.2) is 12.1 Å². The zero-order valence-corrected chi connectivity index (χ0v) is 17.3. The fourth-order valence-electron chi connectivity index (χ4n) is 3.53. The maximum absolute atomic E-state index is 12.9. The van der Waals surface area contributed by atoms with Crippen molar-refractivity contribution in [3.05, 3.63) is 22.7 Å². The summed E-state index contributed by atoms with van der Waals surface area (Å²) in [6.07, 6.45) is 3.45. The second-order valence-electron chi connectivity index (χ2n) is 6.86. The summed E-state index contributed by atoms with van der Waals surface area (Å²) in [5.41, 5.74) is 6.20. The van der Waals surface area contributed by atoms with Crippen molar-refractivity contribution in [3.63, 3.8) is 0 Å². The number of amides is 2. The van der Waals surface area contributed by atoms with E-state index in [2.05, 4.69) is 5.32 Å². The number of likely N-dealkylation sites (tertiary alicyclic amines) is 1. The first-order valence-corrected chi connectivity index (χ1v) is 9.80. The molecule has 1 aromatic rings. The number of nitrogens with two attached hydrogens (primary N) is 1. The normalized spacial score (nSPS) is 18.2. The fourth-order valence-corrected chi connectivity index (χ4v) is 3.82. The lowest BCUT2D eigenvalue weighted by atomic mass is 10.0. The number of halogens is 2.